The first kappa shape index (κ1) is 13.5. The monoisotopic (exact) mass is 273 g/mol. The predicted octanol–water partition coefficient (Wildman–Crippen LogP) is 2.99. The van der Waals surface area contributed by atoms with Crippen LogP contribution in [0.2, 0.25) is 0 Å². The highest BCUT2D eigenvalue weighted by atomic mass is 16.5. The van der Waals surface area contributed by atoms with Crippen molar-refractivity contribution in [1.29, 1.82) is 0 Å². The van der Waals surface area contributed by atoms with Crippen LogP contribution in [0.25, 0.3) is 0 Å². The molecule has 1 saturated carbocycles. The van der Waals surface area contributed by atoms with Crippen LogP contribution in [-0.4, -0.2) is 31.0 Å². The molecule has 0 aromatic heterocycles. The van der Waals surface area contributed by atoms with E-state index in [1.807, 2.05) is 12.1 Å². The molecule has 1 aliphatic heterocycles. The van der Waals surface area contributed by atoms with Gasteiger partial charge in [0.15, 0.2) is 0 Å². The average Bonchev–Trinajstić information content (AvgIpc) is 3.28. The quantitative estimate of drug-likeness (QED) is 0.847. The van der Waals surface area contributed by atoms with Crippen molar-refractivity contribution in [2.45, 2.75) is 38.0 Å². The molecule has 0 spiro atoms. The van der Waals surface area contributed by atoms with Crippen molar-refractivity contribution >= 4 is 5.91 Å². The molecule has 3 nitrogen and oxygen atoms in total. The summed E-state index contributed by atoms with van der Waals surface area (Å²) in [5.74, 6) is 1.83. The first-order chi connectivity index (χ1) is 9.65. The molecular weight excluding hydrogens is 250 g/mol. The molecular formula is C17H23NO2. The van der Waals surface area contributed by atoms with Crippen LogP contribution in [0.5, 0.6) is 5.75 Å². The molecule has 1 saturated heterocycles. The molecule has 0 bridgehead atoms. The van der Waals surface area contributed by atoms with E-state index in [0.29, 0.717) is 11.8 Å². The van der Waals surface area contributed by atoms with Gasteiger partial charge in [0.05, 0.1) is 12.5 Å². The molecule has 2 aliphatic rings. The minimum atomic E-state index is -0.233. The second-order valence-corrected chi connectivity index (χ2v) is 6.31. The zero-order chi connectivity index (χ0) is 14.2. The van der Waals surface area contributed by atoms with Gasteiger partial charge < -0.3 is 9.64 Å². The van der Waals surface area contributed by atoms with Gasteiger partial charge in [-0.3, -0.25) is 4.79 Å². The molecule has 3 heteroatoms. The summed E-state index contributed by atoms with van der Waals surface area (Å²) < 4.78 is 5.20. The molecule has 0 radical (unpaired) electrons. The standard InChI is InChI=1S/C17H23NO2/c1-13-4-3-11-18(12-13)16(19)17(9-10-17)14-5-7-15(20-2)8-6-14/h5-8,13H,3-4,9-12H2,1-2H3. The number of carbonyl (C=O) groups is 1. The third kappa shape index (κ3) is 2.30. The maximum atomic E-state index is 12.9. The molecule has 0 N–H and O–H groups in total. The summed E-state index contributed by atoms with van der Waals surface area (Å²) in [6.45, 7) is 4.10. The summed E-state index contributed by atoms with van der Waals surface area (Å²) in [5, 5.41) is 0. The third-order valence-corrected chi connectivity index (χ3v) is 4.75. The van der Waals surface area contributed by atoms with Gasteiger partial charge in [-0.1, -0.05) is 19.1 Å². The van der Waals surface area contributed by atoms with Crippen LogP contribution < -0.4 is 4.74 Å². The van der Waals surface area contributed by atoms with Gasteiger partial charge in [-0.2, -0.15) is 0 Å². The highest BCUT2D eigenvalue weighted by molar-refractivity contribution is 5.91. The van der Waals surface area contributed by atoms with Gasteiger partial charge in [0.1, 0.15) is 5.75 Å². The SMILES string of the molecule is COc1ccc(C2(C(=O)N3CCCC(C)C3)CC2)cc1. The van der Waals surface area contributed by atoms with Gasteiger partial charge in [-0.05, 0) is 49.3 Å². The number of hydrogen-bond acceptors (Lipinski definition) is 2. The molecule has 1 aromatic carbocycles. The molecule has 1 heterocycles. The van der Waals surface area contributed by atoms with Crippen molar-refractivity contribution in [3.8, 4) is 5.75 Å². The largest absolute Gasteiger partial charge is 0.497 e. The normalized spacial score (nSPS) is 24.3. The summed E-state index contributed by atoms with van der Waals surface area (Å²) in [6, 6.07) is 8.03. The van der Waals surface area contributed by atoms with E-state index < -0.39 is 0 Å². The van der Waals surface area contributed by atoms with Crippen molar-refractivity contribution in [3.63, 3.8) is 0 Å². The summed E-state index contributed by atoms with van der Waals surface area (Å²) in [7, 11) is 1.67. The summed E-state index contributed by atoms with van der Waals surface area (Å²) in [4.78, 5) is 15.0. The molecule has 20 heavy (non-hydrogen) atoms. The van der Waals surface area contributed by atoms with Crippen molar-refractivity contribution in [2.24, 2.45) is 5.92 Å². The van der Waals surface area contributed by atoms with Gasteiger partial charge in [-0.15, -0.1) is 0 Å². The van der Waals surface area contributed by atoms with E-state index in [1.54, 1.807) is 7.11 Å². The summed E-state index contributed by atoms with van der Waals surface area (Å²) in [6.07, 6.45) is 4.37. The summed E-state index contributed by atoms with van der Waals surface area (Å²) >= 11 is 0. The number of piperidine rings is 1. The maximum Gasteiger partial charge on any atom is 0.233 e. The van der Waals surface area contributed by atoms with E-state index in [9.17, 15) is 4.79 Å². The number of hydrogen-bond donors (Lipinski definition) is 0. The van der Waals surface area contributed by atoms with Crippen molar-refractivity contribution in [2.75, 3.05) is 20.2 Å². The minimum Gasteiger partial charge on any atom is -0.497 e. The van der Waals surface area contributed by atoms with Crippen LogP contribution in [0.15, 0.2) is 24.3 Å². The lowest BCUT2D eigenvalue weighted by Gasteiger charge is -2.34. The Morgan fingerprint density at radius 2 is 2.00 bits per heavy atom. The average molecular weight is 273 g/mol. The van der Waals surface area contributed by atoms with E-state index in [0.717, 1.165) is 43.7 Å². The lowest BCUT2D eigenvalue weighted by Crippen LogP contribution is -2.44. The number of carbonyl (C=O) groups excluding carboxylic acids is 1. The zero-order valence-corrected chi connectivity index (χ0v) is 12.4. The first-order valence-corrected chi connectivity index (χ1v) is 7.59. The fourth-order valence-corrected chi connectivity index (χ4v) is 3.34. The maximum absolute atomic E-state index is 12.9. The van der Waals surface area contributed by atoms with Gasteiger partial charge in [0, 0.05) is 13.1 Å². The van der Waals surface area contributed by atoms with E-state index in [-0.39, 0.29) is 5.41 Å². The number of ether oxygens (including phenoxy) is 1. The van der Waals surface area contributed by atoms with Gasteiger partial charge >= 0.3 is 0 Å². The van der Waals surface area contributed by atoms with E-state index in [2.05, 4.69) is 24.0 Å². The minimum absolute atomic E-state index is 0.233. The lowest BCUT2D eigenvalue weighted by molar-refractivity contribution is -0.135. The number of benzene rings is 1. The van der Waals surface area contributed by atoms with Gasteiger partial charge in [0.2, 0.25) is 5.91 Å². The van der Waals surface area contributed by atoms with Gasteiger partial charge in [0.25, 0.3) is 0 Å². The van der Waals surface area contributed by atoms with Crippen LogP contribution in [0.3, 0.4) is 0 Å². The zero-order valence-electron chi connectivity index (χ0n) is 12.4. The number of methoxy groups -OCH3 is 1. The Hall–Kier alpha value is -1.51. The van der Waals surface area contributed by atoms with Crippen molar-refractivity contribution < 1.29 is 9.53 Å². The van der Waals surface area contributed by atoms with Crippen molar-refractivity contribution in [1.82, 2.24) is 4.90 Å². The van der Waals surface area contributed by atoms with Crippen LogP contribution in [0, 0.1) is 5.92 Å². The Morgan fingerprint density at radius 3 is 2.55 bits per heavy atom. The van der Waals surface area contributed by atoms with Crippen molar-refractivity contribution in [3.05, 3.63) is 29.8 Å². The van der Waals surface area contributed by atoms with Crippen LogP contribution in [0.1, 0.15) is 38.2 Å². The second kappa shape index (κ2) is 5.12. The topological polar surface area (TPSA) is 29.5 Å². The Kier molecular flexibility index (Phi) is 3.45. The first-order valence-electron chi connectivity index (χ1n) is 7.59. The predicted molar refractivity (Wildman–Crippen MR) is 78.9 cm³/mol. The molecule has 2 fully saturated rings. The van der Waals surface area contributed by atoms with Gasteiger partial charge in [-0.25, -0.2) is 0 Å². The lowest BCUT2D eigenvalue weighted by atomic mass is 9.92. The Balaban J connectivity index is 1.78. The van der Waals surface area contributed by atoms with Crippen LogP contribution in [0.4, 0.5) is 0 Å². The molecule has 1 aromatic rings. The van der Waals surface area contributed by atoms with Crippen LogP contribution >= 0.6 is 0 Å². The second-order valence-electron chi connectivity index (χ2n) is 6.31. The molecule has 108 valence electrons. The van der Waals surface area contributed by atoms with Crippen LogP contribution in [-0.2, 0) is 10.2 Å². The number of amides is 1. The fraction of sp³-hybridized carbons (Fsp3) is 0.588. The number of likely N-dealkylation sites (tertiary alicyclic amines) is 1. The molecule has 1 atom stereocenters. The van der Waals surface area contributed by atoms with E-state index in [1.165, 1.54) is 6.42 Å². The summed E-state index contributed by atoms with van der Waals surface area (Å²) in [5.41, 5.74) is 0.921. The molecule has 1 aliphatic carbocycles. The highest BCUT2D eigenvalue weighted by Gasteiger charge is 2.53. The van der Waals surface area contributed by atoms with E-state index >= 15 is 0 Å². The third-order valence-electron chi connectivity index (χ3n) is 4.75. The highest BCUT2D eigenvalue weighted by Crippen LogP contribution is 2.50. The Bertz CT molecular complexity index is 490. The molecule has 3 rings (SSSR count). The number of nitrogens with zero attached hydrogens (tertiary/aromatic N) is 1. The number of rotatable bonds is 3. The Labute approximate surface area is 120 Å². The smallest absolute Gasteiger partial charge is 0.233 e. The Morgan fingerprint density at radius 1 is 1.30 bits per heavy atom. The fourth-order valence-electron chi connectivity index (χ4n) is 3.34. The molecule has 1 amide bonds. The molecule has 1 unspecified atom stereocenters. The van der Waals surface area contributed by atoms with E-state index in [4.69, 9.17) is 4.74 Å².